The predicted octanol–water partition coefficient (Wildman–Crippen LogP) is 3.04. The highest BCUT2D eigenvalue weighted by Gasteiger charge is 2.17. The fourth-order valence-electron chi connectivity index (χ4n) is 2.22. The monoisotopic (exact) mass is 370 g/mol. The van der Waals surface area contributed by atoms with Crippen LogP contribution in [0, 0.1) is 0 Å². The van der Waals surface area contributed by atoms with Crippen LogP contribution in [0.2, 0.25) is 0 Å². The largest absolute Gasteiger partial charge is 0.444 e. The highest BCUT2D eigenvalue weighted by atomic mass is 32.2. The van der Waals surface area contributed by atoms with Crippen molar-refractivity contribution in [1.82, 2.24) is 10.6 Å². The molecule has 0 spiro atoms. The minimum Gasteiger partial charge on any atom is -0.444 e. The van der Waals surface area contributed by atoms with Crippen LogP contribution >= 0.6 is 0 Å². The van der Waals surface area contributed by atoms with Crippen LogP contribution in [-0.4, -0.2) is 39.0 Å². The van der Waals surface area contributed by atoms with Gasteiger partial charge in [0.25, 0.3) is 0 Å². The van der Waals surface area contributed by atoms with E-state index >= 15 is 0 Å². The molecule has 6 nitrogen and oxygen atoms in total. The van der Waals surface area contributed by atoms with Gasteiger partial charge in [-0.3, -0.25) is 0 Å². The van der Waals surface area contributed by atoms with Crippen molar-refractivity contribution in [2.24, 2.45) is 0 Å². The summed E-state index contributed by atoms with van der Waals surface area (Å²) >= 11 is 0. The van der Waals surface area contributed by atoms with E-state index in [0.29, 0.717) is 11.4 Å². The highest BCUT2D eigenvalue weighted by Crippen LogP contribution is 2.16. The molecule has 0 aliphatic rings. The summed E-state index contributed by atoms with van der Waals surface area (Å²) in [6.07, 6.45) is 1.54. The zero-order valence-corrected chi connectivity index (χ0v) is 16.7. The summed E-state index contributed by atoms with van der Waals surface area (Å²) in [5, 5.41) is 6.17. The van der Waals surface area contributed by atoms with Crippen molar-refractivity contribution in [3.8, 4) is 0 Å². The van der Waals surface area contributed by atoms with Crippen molar-refractivity contribution < 1.29 is 17.9 Å². The minimum absolute atomic E-state index is 0.0119. The SMILES string of the molecule is CC(CCNC(C)c1ccc(S(C)(=O)=O)cc1)NC(=O)OC(C)(C)C. The Morgan fingerprint density at radius 3 is 2.20 bits per heavy atom. The van der Waals surface area contributed by atoms with Crippen LogP contribution in [-0.2, 0) is 14.6 Å². The Morgan fingerprint density at radius 1 is 1.16 bits per heavy atom. The van der Waals surface area contributed by atoms with Gasteiger partial charge in [-0.15, -0.1) is 0 Å². The Bertz CT molecular complexity index is 663. The van der Waals surface area contributed by atoms with E-state index in [9.17, 15) is 13.2 Å². The van der Waals surface area contributed by atoms with E-state index in [0.717, 1.165) is 12.0 Å². The maximum absolute atomic E-state index is 11.7. The van der Waals surface area contributed by atoms with E-state index in [1.54, 1.807) is 12.1 Å². The highest BCUT2D eigenvalue weighted by molar-refractivity contribution is 7.90. The second-order valence-corrected chi connectivity index (χ2v) is 9.37. The van der Waals surface area contributed by atoms with Gasteiger partial charge in [0.1, 0.15) is 5.60 Å². The van der Waals surface area contributed by atoms with E-state index in [1.807, 2.05) is 46.8 Å². The molecule has 2 unspecified atom stereocenters. The summed E-state index contributed by atoms with van der Waals surface area (Å²) in [5.41, 5.74) is 0.509. The number of alkyl carbamates (subject to hydrolysis) is 1. The molecule has 0 aromatic heterocycles. The van der Waals surface area contributed by atoms with Crippen molar-refractivity contribution in [3.05, 3.63) is 29.8 Å². The topological polar surface area (TPSA) is 84.5 Å². The lowest BCUT2D eigenvalue weighted by Gasteiger charge is -2.22. The van der Waals surface area contributed by atoms with Crippen LogP contribution in [0.5, 0.6) is 0 Å². The van der Waals surface area contributed by atoms with Crippen LogP contribution < -0.4 is 10.6 Å². The molecule has 2 atom stereocenters. The lowest BCUT2D eigenvalue weighted by Crippen LogP contribution is -2.39. The van der Waals surface area contributed by atoms with Gasteiger partial charge in [0.05, 0.1) is 4.90 Å². The molecule has 0 saturated carbocycles. The fourth-order valence-corrected chi connectivity index (χ4v) is 2.85. The Morgan fingerprint density at radius 2 is 1.72 bits per heavy atom. The molecular weight excluding hydrogens is 340 g/mol. The van der Waals surface area contributed by atoms with Gasteiger partial charge in [-0.2, -0.15) is 0 Å². The Balaban J connectivity index is 2.41. The molecule has 1 aromatic carbocycles. The zero-order valence-electron chi connectivity index (χ0n) is 15.9. The molecule has 142 valence electrons. The van der Waals surface area contributed by atoms with E-state index in [1.165, 1.54) is 6.26 Å². The average molecular weight is 371 g/mol. The maximum Gasteiger partial charge on any atom is 0.407 e. The van der Waals surface area contributed by atoms with Crippen LogP contribution in [0.25, 0.3) is 0 Å². The molecule has 0 fully saturated rings. The molecule has 0 heterocycles. The number of sulfone groups is 1. The number of benzene rings is 1. The third-order valence-corrected chi connectivity index (χ3v) is 4.73. The van der Waals surface area contributed by atoms with Crippen molar-refractivity contribution in [2.45, 2.75) is 63.6 Å². The van der Waals surface area contributed by atoms with Gasteiger partial charge in [0.2, 0.25) is 0 Å². The van der Waals surface area contributed by atoms with E-state index < -0.39 is 21.5 Å². The third-order valence-electron chi connectivity index (χ3n) is 3.60. The lowest BCUT2D eigenvalue weighted by molar-refractivity contribution is 0.0506. The second-order valence-electron chi connectivity index (χ2n) is 7.35. The van der Waals surface area contributed by atoms with Gasteiger partial charge in [0.15, 0.2) is 9.84 Å². The maximum atomic E-state index is 11.7. The van der Waals surface area contributed by atoms with Crippen LogP contribution in [0.4, 0.5) is 4.79 Å². The number of nitrogens with one attached hydrogen (secondary N) is 2. The van der Waals surface area contributed by atoms with E-state index in [4.69, 9.17) is 4.74 Å². The van der Waals surface area contributed by atoms with Gasteiger partial charge < -0.3 is 15.4 Å². The summed E-state index contributed by atoms with van der Waals surface area (Å²) in [7, 11) is -3.17. The molecule has 0 saturated heterocycles. The number of hydrogen-bond donors (Lipinski definition) is 2. The first kappa shape index (κ1) is 21.4. The summed E-state index contributed by atoms with van der Waals surface area (Å²) in [5.74, 6) is 0. The summed E-state index contributed by atoms with van der Waals surface area (Å²) in [4.78, 5) is 12.0. The normalized spacial score (nSPS) is 14.6. The zero-order chi connectivity index (χ0) is 19.3. The Kier molecular flexibility index (Phi) is 7.44. The predicted molar refractivity (Wildman–Crippen MR) is 99.4 cm³/mol. The first-order valence-electron chi connectivity index (χ1n) is 8.41. The number of rotatable bonds is 7. The van der Waals surface area contributed by atoms with Crippen molar-refractivity contribution in [1.29, 1.82) is 0 Å². The van der Waals surface area contributed by atoms with Gasteiger partial charge in [0, 0.05) is 18.3 Å². The van der Waals surface area contributed by atoms with Crippen molar-refractivity contribution >= 4 is 15.9 Å². The molecule has 0 radical (unpaired) electrons. The Labute approximate surface area is 151 Å². The number of ether oxygens (including phenoxy) is 1. The smallest absolute Gasteiger partial charge is 0.407 e. The molecule has 1 rings (SSSR count). The van der Waals surface area contributed by atoms with Crippen molar-refractivity contribution in [2.75, 3.05) is 12.8 Å². The molecule has 1 aromatic rings. The van der Waals surface area contributed by atoms with Crippen LogP contribution in [0.15, 0.2) is 29.2 Å². The third kappa shape index (κ3) is 8.36. The molecule has 0 bridgehead atoms. The summed E-state index contributed by atoms with van der Waals surface area (Å²) in [6, 6.07) is 6.95. The number of carbonyl (C=O) groups excluding carboxylic acids is 1. The Hall–Kier alpha value is -1.60. The van der Waals surface area contributed by atoms with Gasteiger partial charge >= 0.3 is 6.09 Å². The molecule has 0 aliphatic carbocycles. The van der Waals surface area contributed by atoms with Crippen LogP contribution in [0.3, 0.4) is 0 Å². The number of hydrogen-bond acceptors (Lipinski definition) is 5. The van der Waals surface area contributed by atoms with Crippen molar-refractivity contribution in [3.63, 3.8) is 0 Å². The fraction of sp³-hybridized carbons (Fsp3) is 0.611. The van der Waals surface area contributed by atoms with Gasteiger partial charge in [-0.05, 0) is 65.3 Å². The standard InChI is InChI=1S/C18H30N2O4S/c1-13(20-17(21)24-18(3,4)5)11-12-19-14(2)15-7-9-16(10-8-15)25(6,22)23/h7-10,13-14,19H,11-12H2,1-6H3,(H,20,21). The quantitative estimate of drug-likeness (QED) is 0.771. The molecular formula is C18H30N2O4S. The molecule has 0 aliphatic heterocycles. The molecule has 25 heavy (non-hydrogen) atoms. The average Bonchev–Trinajstić information content (AvgIpc) is 2.44. The van der Waals surface area contributed by atoms with E-state index in [2.05, 4.69) is 10.6 Å². The molecule has 7 heteroatoms. The first-order valence-corrected chi connectivity index (χ1v) is 10.3. The van der Waals surface area contributed by atoms with Gasteiger partial charge in [-0.25, -0.2) is 13.2 Å². The molecule has 2 N–H and O–H groups in total. The van der Waals surface area contributed by atoms with E-state index in [-0.39, 0.29) is 12.1 Å². The summed E-state index contributed by atoms with van der Waals surface area (Å²) < 4.78 is 28.2. The number of amides is 1. The lowest BCUT2D eigenvalue weighted by atomic mass is 10.1. The minimum atomic E-state index is -3.17. The summed E-state index contributed by atoms with van der Waals surface area (Å²) in [6.45, 7) is 10.1. The second kappa shape index (κ2) is 8.67. The first-order chi connectivity index (χ1) is 11.4. The van der Waals surface area contributed by atoms with Crippen LogP contribution in [0.1, 0.15) is 52.6 Å². The number of carbonyl (C=O) groups is 1. The van der Waals surface area contributed by atoms with Gasteiger partial charge in [-0.1, -0.05) is 12.1 Å². The molecule has 1 amide bonds.